The minimum absolute atomic E-state index is 0.0497. The van der Waals surface area contributed by atoms with Crippen molar-refractivity contribution >= 4 is 15.8 Å². The predicted molar refractivity (Wildman–Crippen MR) is 82.7 cm³/mol. The molecule has 0 aliphatic heterocycles. The van der Waals surface area contributed by atoms with Crippen LogP contribution in [0.1, 0.15) is 5.56 Å². The molecule has 9 heteroatoms. The van der Waals surface area contributed by atoms with Crippen molar-refractivity contribution < 1.29 is 17.2 Å². The summed E-state index contributed by atoms with van der Waals surface area (Å²) >= 11 is 0. The van der Waals surface area contributed by atoms with Gasteiger partial charge in [-0.15, -0.1) is 0 Å². The summed E-state index contributed by atoms with van der Waals surface area (Å²) in [6.07, 6.45) is 4.87. The molecule has 0 saturated carbocycles. The number of aromatic nitrogens is 3. The van der Waals surface area contributed by atoms with Gasteiger partial charge in [0.1, 0.15) is 11.6 Å². The zero-order valence-corrected chi connectivity index (χ0v) is 13.0. The maximum Gasteiger partial charge on any atom is 0.263 e. The van der Waals surface area contributed by atoms with E-state index in [-0.39, 0.29) is 5.82 Å². The molecule has 0 atom stereocenters. The van der Waals surface area contributed by atoms with Gasteiger partial charge < -0.3 is 0 Å². The minimum Gasteiger partial charge on any atom is -0.266 e. The van der Waals surface area contributed by atoms with E-state index in [4.69, 9.17) is 0 Å². The number of hydrogen-bond donors (Lipinski definition) is 1. The Labute approximate surface area is 136 Å². The lowest BCUT2D eigenvalue weighted by Gasteiger charge is -2.06. The Hall–Kier alpha value is -2.81. The summed E-state index contributed by atoms with van der Waals surface area (Å²) in [4.78, 5) is 3.40. The van der Waals surface area contributed by atoms with Crippen molar-refractivity contribution in [3.05, 3.63) is 72.2 Å². The lowest BCUT2D eigenvalue weighted by atomic mass is 10.3. The Morgan fingerprint density at radius 2 is 1.71 bits per heavy atom. The molecule has 3 rings (SSSR count). The van der Waals surface area contributed by atoms with Gasteiger partial charge in [0.25, 0.3) is 10.0 Å². The molecule has 1 aromatic carbocycles. The number of anilines is 1. The van der Waals surface area contributed by atoms with Crippen LogP contribution in [-0.4, -0.2) is 23.2 Å². The van der Waals surface area contributed by atoms with Gasteiger partial charge in [-0.25, -0.2) is 17.2 Å². The Balaban J connectivity index is 1.78. The van der Waals surface area contributed by atoms with Gasteiger partial charge in [0.05, 0.1) is 11.4 Å². The number of sulfonamides is 1. The second-order valence-corrected chi connectivity index (χ2v) is 6.65. The van der Waals surface area contributed by atoms with Crippen molar-refractivity contribution in [3.8, 4) is 0 Å². The molecule has 24 heavy (non-hydrogen) atoms. The molecule has 0 aliphatic carbocycles. The molecule has 3 aromatic rings. The molecule has 0 fully saturated rings. The molecule has 6 nitrogen and oxygen atoms in total. The standard InChI is InChI=1S/C15H12F2N4O2S/c16-12-7-13(17)9-14(8-12)24(22,23)20-15-3-6-21(19-15)10-11-1-4-18-5-2-11/h1-9H,10H2,(H,19,20). The molecule has 0 bridgehead atoms. The average molecular weight is 350 g/mol. The molecule has 0 amide bonds. The van der Waals surface area contributed by atoms with Crippen LogP contribution in [0.25, 0.3) is 0 Å². The Morgan fingerprint density at radius 3 is 2.38 bits per heavy atom. The summed E-state index contributed by atoms with van der Waals surface area (Å²) in [5, 5.41) is 4.08. The zero-order valence-electron chi connectivity index (χ0n) is 12.2. The highest BCUT2D eigenvalue weighted by atomic mass is 32.2. The van der Waals surface area contributed by atoms with Crippen LogP contribution in [0.15, 0.2) is 59.9 Å². The smallest absolute Gasteiger partial charge is 0.263 e. The van der Waals surface area contributed by atoms with Crippen LogP contribution in [-0.2, 0) is 16.6 Å². The van der Waals surface area contributed by atoms with Crippen molar-refractivity contribution in [2.45, 2.75) is 11.4 Å². The van der Waals surface area contributed by atoms with E-state index in [0.29, 0.717) is 12.6 Å². The first-order chi connectivity index (χ1) is 11.4. The molecule has 2 heterocycles. The fourth-order valence-corrected chi connectivity index (χ4v) is 3.10. The van der Waals surface area contributed by atoms with Crippen molar-refractivity contribution in [3.63, 3.8) is 0 Å². The maximum atomic E-state index is 13.2. The molecule has 2 aromatic heterocycles. The first-order valence-corrected chi connectivity index (χ1v) is 8.32. The number of hydrogen-bond acceptors (Lipinski definition) is 4. The molecule has 0 spiro atoms. The Kier molecular flexibility index (Phi) is 4.26. The van der Waals surface area contributed by atoms with Crippen LogP contribution in [0, 0.1) is 11.6 Å². The van der Waals surface area contributed by atoms with E-state index in [0.717, 1.165) is 17.7 Å². The molecule has 0 saturated heterocycles. The molecule has 124 valence electrons. The van der Waals surface area contributed by atoms with Crippen molar-refractivity contribution in [2.75, 3.05) is 4.72 Å². The van der Waals surface area contributed by atoms with Gasteiger partial charge in [0.2, 0.25) is 0 Å². The SMILES string of the molecule is O=S(=O)(Nc1ccn(Cc2ccncc2)n1)c1cc(F)cc(F)c1. The lowest BCUT2D eigenvalue weighted by Crippen LogP contribution is -2.14. The summed E-state index contributed by atoms with van der Waals surface area (Å²) in [6.45, 7) is 0.429. The van der Waals surface area contributed by atoms with Crippen LogP contribution >= 0.6 is 0 Å². The van der Waals surface area contributed by atoms with Crippen LogP contribution in [0.4, 0.5) is 14.6 Å². The van der Waals surface area contributed by atoms with Crippen molar-refractivity contribution in [1.82, 2.24) is 14.8 Å². The Morgan fingerprint density at radius 1 is 1.04 bits per heavy atom. The van der Waals surface area contributed by atoms with E-state index in [9.17, 15) is 17.2 Å². The first kappa shape index (κ1) is 16.1. The summed E-state index contributed by atoms with van der Waals surface area (Å²) in [7, 11) is -4.13. The number of nitrogens with one attached hydrogen (secondary N) is 1. The number of rotatable bonds is 5. The summed E-state index contributed by atoms with van der Waals surface area (Å²) < 4.78 is 54.4. The van der Waals surface area contributed by atoms with Gasteiger partial charge in [-0.3, -0.25) is 14.4 Å². The van der Waals surface area contributed by atoms with Crippen molar-refractivity contribution in [2.24, 2.45) is 0 Å². The highest BCUT2D eigenvalue weighted by Crippen LogP contribution is 2.17. The summed E-state index contributed by atoms with van der Waals surface area (Å²) in [5.74, 6) is -1.90. The number of benzene rings is 1. The third-order valence-corrected chi connectivity index (χ3v) is 4.45. The van der Waals surface area contributed by atoms with E-state index in [2.05, 4.69) is 14.8 Å². The average Bonchev–Trinajstić information content (AvgIpc) is 2.93. The van der Waals surface area contributed by atoms with Gasteiger partial charge in [-0.05, 0) is 29.8 Å². The predicted octanol–water partition coefficient (Wildman–Crippen LogP) is 2.41. The zero-order chi connectivity index (χ0) is 17.2. The number of nitrogens with zero attached hydrogens (tertiary/aromatic N) is 3. The number of halogens is 2. The lowest BCUT2D eigenvalue weighted by molar-refractivity contribution is 0.568. The Bertz CT molecular complexity index is 938. The van der Waals surface area contributed by atoms with Crippen LogP contribution in [0.5, 0.6) is 0 Å². The van der Waals surface area contributed by atoms with E-state index in [1.807, 2.05) is 0 Å². The first-order valence-electron chi connectivity index (χ1n) is 6.84. The fraction of sp³-hybridized carbons (Fsp3) is 0.0667. The third-order valence-electron chi connectivity index (χ3n) is 3.12. The van der Waals surface area contributed by atoms with Gasteiger partial charge in [-0.2, -0.15) is 5.10 Å². The third kappa shape index (κ3) is 3.74. The van der Waals surface area contributed by atoms with E-state index < -0.39 is 26.6 Å². The monoisotopic (exact) mass is 350 g/mol. The second kappa shape index (κ2) is 6.36. The van der Waals surface area contributed by atoms with E-state index >= 15 is 0 Å². The second-order valence-electron chi connectivity index (χ2n) is 4.96. The molecular formula is C15H12F2N4O2S. The topological polar surface area (TPSA) is 76.9 Å². The van der Waals surface area contributed by atoms with Crippen LogP contribution < -0.4 is 4.72 Å². The quantitative estimate of drug-likeness (QED) is 0.767. The van der Waals surface area contributed by atoms with Gasteiger partial charge in [0.15, 0.2) is 5.82 Å². The molecule has 0 aliphatic rings. The van der Waals surface area contributed by atoms with E-state index in [1.165, 1.54) is 10.7 Å². The van der Waals surface area contributed by atoms with Crippen LogP contribution in [0.3, 0.4) is 0 Å². The van der Waals surface area contributed by atoms with Gasteiger partial charge in [0, 0.05) is 30.7 Å². The summed E-state index contributed by atoms with van der Waals surface area (Å²) in [6, 6.07) is 7.14. The minimum atomic E-state index is -4.13. The molecule has 0 unspecified atom stereocenters. The highest BCUT2D eigenvalue weighted by Gasteiger charge is 2.18. The van der Waals surface area contributed by atoms with E-state index in [1.54, 1.807) is 30.7 Å². The fourth-order valence-electron chi connectivity index (χ4n) is 2.06. The van der Waals surface area contributed by atoms with Gasteiger partial charge >= 0.3 is 0 Å². The largest absolute Gasteiger partial charge is 0.266 e. The number of pyridine rings is 1. The van der Waals surface area contributed by atoms with Crippen LogP contribution in [0.2, 0.25) is 0 Å². The molecule has 1 N–H and O–H groups in total. The summed E-state index contributed by atoms with van der Waals surface area (Å²) in [5.41, 5.74) is 0.940. The molecule has 0 radical (unpaired) electrons. The highest BCUT2D eigenvalue weighted by molar-refractivity contribution is 7.92. The normalized spacial score (nSPS) is 11.4. The molecular weight excluding hydrogens is 338 g/mol. The van der Waals surface area contributed by atoms with Crippen molar-refractivity contribution in [1.29, 1.82) is 0 Å². The van der Waals surface area contributed by atoms with Gasteiger partial charge in [-0.1, -0.05) is 0 Å². The maximum absolute atomic E-state index is 13.2.